The average Bonchev–Trinajstić information content (AvgIpc) is 2.72. The van der Waals surface area contributed by atoms with Gasteiger partial charge in [0.15, 0.2) is 0 Å². The second-order valence-electron chi connectivity index (χ2n) is 5.71. The molecule has 0 radical (unpaired) electrons. The van der Waals surface area contributed by atoms with Crippen LogP contribution in [0.5, 0.6) is 0 Å². The van der Waals surface area contributed by atoms with Gasteiger partial charge in [-0.2, -0.15) is 0 Å². The van der Waals surface area contributed by atoms with E-state index in [9.17, 15) is 24.0 Å². The molecule has 0 bridgehead atoms. The van der Waals surface area contributed by atoms with Crippen molar-refractivity contribution in [3.63, 3.8) is 0 Å². The summed E-state index contributed by atoms with van der Waals surface area (Å²) in [5.41, 5.74) is 0.282. The molecular formula is C16H14ClN3O5. The Morgan fingerprint density at radius 2 is 2.00 bits per heavy atom. The number of carbonyl (C=O) groups excluding carboxylic acids is 5. The Kier molecular flexibility index (Phi) is 4.54. The summed E-state index contributed by atoms with van der Waals surface area (Å²) in [6.07, 6.45) is 0.736. The first kappa shape index (κ1) is 17.1. The molecule has 1 fully saturated rings. The maximum atomic E-state index is 12.8. The highest BCUT2D eigenvalue weighted by molar-refractivity contribution is 6.30. The molecule has 2 heterocycles. The van der Waals surface area contributed by atoms with Crippen LogP contribution >= 0.6 is 11.6 Å². The predicted octanol–water partition coefficient (Wildman–Crippen LogP) is 0.655. The Morgan fingerprint density at radius 3 is 2.72 bits per heavy atom. The maximum Gasteiger partial charge on any atom is 0.264 e. The minimum absolute atomic E-state index is 0.0225. The highest BCUT2D eigenvalue weighted by Gasteiger charge is 2.44. The van der Waals surface area contributed by atoms with Gasteiger partial charge in [-0.15, -0.1) is 11.6 Å². The van der Waals surface area contributed by atoms with E-state index in [-0.39, 0.29) is 35.5 Å². The molecule has 2 N–H and O–H groups in total. The Bertz CT molecular complexity index is 807. The normalized spacial score (nSPS) is 20.2. The zero-order valence-electron chi connectivity index (χ0n) is 13.0. The molecule has 8 nitrogen and oxygen atoms in total. The first-order valence-corrected chi connectivity index (χ1v) is 8.18. The van der Waals surface area contributed by atoms with Crippen LogP contribution in [0.15, 0.2) is 18.2 Å². The number of rotatable bonds is 3. The van der Waals surface area contributed by atoms with Crippen LogP contribution in [0.1, 0.15) is 40.0 Å². The minimum Gasteiger partial charge on any atom is -0.324 e. The third-order valence-electron chi connectivity index (χ3n) is 4.10. The SMILES string of the molecule is O=C1CCCC(N2C(=O)c3cccc(NC(=O)CCl)c3C2=O)C(=O)N1. The summed E-state index contributed by atoms with van der Waals surface area (Å²) in [6.45, 7) is 0. The molecule has 1 unspecified atom stereocenters. The first-order valence-electron chi connectivity index (χ1n) is 7.64. The van der Waals surface area contributed by atoms with Gasteiger partial charge < -0.3 is 5.32 Å². The van der Waals surface area contributed by atoms with E-state index in [4.69, 9.17) is 11.6 Å². The lowest BCUT2D eigenvalue weighted by Crippen LogP contribution is -2.49. The van der Waals surface area contributed by atoms with E-state index in [2.05, 4.69) is 10.6 Å². The standard InChI is InChI=1S/C16H14ClN3O5/c17-7-12(22)18-9-4-1-3-8-13(9)16(25)20(15(8)24)10-5-2-6-11(21)19-14(10)23/h1,3-4,10H,2,5-7H2,(H,18,22)(H,19,21,23). The molecule has 1 atom stereocenters. The Labute approximate surface area is 147 Å². The van der Waals surface area contributed by atoms with E-state index in [0.29, 0.717) is 6.42 Å². The molecule has 2 aliphatic rings. The fraction of sp³-hybridized carbons (Fsp3) is 0.312. The van der Waals surface area contributed by atoms with Gasteiger partial charge in [-0.25, -0.2) is 0 Å². The maximum absolute atomic E-state index is 12.8. The van der Waals surface area contributed by atoms with E-state index in [1.54, 1.807) is 0 Å². The highest BCUT2D eigenvalue weighted by atomic mass is 35.5. The Hall–Kier alpha value is -2.74. The molecular weight excluding hydrogens is 350 g/mol. The molecule has 130 valence electrons. The third-order valence-corrected chi connectivity index (χ3v) is 4.34. The van der Waals surface area contributed by atoms with Crippen molar-refractivity contribution in [2.75, 3.05) is 11.2 Å². The lowest BCUT2D eigenvalue weighted by Gasteiger charge is -2.23. The zero-order chi connectivity index (χ0) is 18.1. The first-order chi connectivity index (χ1) is 11.9. The number of anilines is 1. The highest BCUT2D eigenvalue weighted by Crippen LogP contribution is 2.32. The van der Waals surface area contributed by atoms with Gasteiger partial charge in [-0.3, -0.25) is 34.2 Å². The average molecular weight is 364 g/mol. The van der Waals surface area contributed by atoms with Gasteiger partial charge in [0, 0.05) is 6.42 Å². The van der Waals surface area contributed by atoms with Gasteiger partial charge in [0.1, 0.15) is 11.9 Å². The number of benzene rings is 1. The van der Waals surface area contributed by atoms with E-state index < -0.39 is 35.6 Å². The van der Waals surface area contributed by atoms with Gasteiger partial charge in [0.2, 0.25) is 17.7 Å². The molecule has 3 rings (SSSR count). The summed E-state index contributed by atoms with van der Waals surface area (Å²) < 4.78 is 0. The molecule has 1 saturated heterocycles. The van der Waals surface area contributed by atoms with Crippen LogP contribution in [0.3, 0.4) is 0 Å². The molecule has 0 aliphatic carbocycles. The molecule has 1 aromatic carbocycles. The zero-order valence-corrected chi connectivity index (χ0v) is 13.8. The van der Waals surface area contributed by atoms with E-state index in [0.717, 1.165) is 4.90 Å². The topological polar surface area (TPSA) is 113 Å². The molecule has 0 aromatic heterocycles. The number of hydrogen-bond acceptors (Lipinski definition) is 5. The number of alkyl halides is 1. The van der Waals surface area contributed by atoms with E-state index >= 15 is 0 Å². The van der Waals surface area contributed by atoms with Crippen molar-refractivity contribution in [2.24, 2.45) is 0 Å². The summed E-state index contributed by atoms with van der Waals surface area (Å²) in [5.74, 6) is -3.24. The van der Waals surface area contributed by atoms with Gasteiger partial charge >= 0.3 is 0 Å². The van der Waals surface area contributed by atoms with Crippen molar-refractivity contribution < 1.29 is 24.0 Å². The van der Waals surface area contributed by atoms with Crippen molar-refractivity contribution in [3.05, 3.63) is 29.3 Å². The second kappa shape index (κ2) is 6.64. The predicted molar refractivity (Wildman–Crippen MR) is 87.1 cm³/mol. The van der Waals surface area contributed by atoms with Crippen LogP contribution < -0.4 is 10.6 Å². The molecule has 25 heavy (non-hydrogen) atoms. The summed E-state index contributed by atoms with van der Waals surface area (Å²) in [6, 6.07) is 3.39. The summed E-state index contributed by atoms with van der Waals surface area (Å²) in [5, 5.41) is 4.65. The van der Waals surface area contributed by atoms with Crippen LogP contribution in [0.2, 0.25) is 0 Å². The fourth-order valence-corrected chi connectivity index (χ4v) is 3.06. The number of fused-ring (bicyclic) bond motifs is 1. The fourth-order valence-electron chi connectivity index (χ4n) is 2.99. The monoisotopic (exact) mass is 363 g/mol. The quantitative estimate of drug-likeness (QED) is 0.605. The summed E-state index contributed by atoms with van der Waals surface area (Å²) >= 11 is 5.46. The van der Waals surface area contributed by atoms with Crippen LogP contribution in [0.25, 0.3) is 0 Å². The molecule has 0 spiro atoms. The minimum atomic E-state index is -1.06. The third kappa shape index (κ3) is 3.00. The van der Waals surface area contributed by atoms with Crippen molar-refractivity contribution >= 4 is 46.8 Å². The van der Waals surface area contributed by atoms with Crippen molar-refractivity contribution in [3.8, 4) is 0 Å². The molecule has 2 aliphatic heterocycles. The van der Waals surface area contributed by atoms with Crippen LogP contribution in [-0.2, 0) is 14.4 Å². The van der Waals surface area contributed by atoms with Crippen LogP contribution in [-0.4, -0.2) is 46.4 Å². The molecule has 5 amide bonds. The number of carbonyl (C=O) groups is 5. The molecule has 0 saturated carbocycles. The van der Waals surface area contributed by atoms with Crippen molar-refractivity contribution in [1.82, 2.24) is 10.2 Å². The van der Waals surface area contributed by atoms with Crippen LogP contribution in [0, 0.1) is 0 Å². The molecule has 9 heteroatoms. The van der Waals surface area contributed by atoms with Crippen molar-refractivity contribution in [1.29, 1.82) is 0 Å². The summed E-state index contributed by atoms with van der Waals surface area (Å²) in [7, 11) is 0. The van der Waals surface area contributed by atoms with Gasteiger partial charge in [-0.1, -0.05) is 6.07 Å². The number of nitrogens with zero attached hydrogens (tertiary/aromatic N) is 1. The number of halogens is 1. The van der Waals surface area contributed by atoms with Gasteiger partial charge in [-0.05, 0) is 25.0 Å². The smallest absolute Gasteiger partial charge is 0.264 e. The number of hydrogen-bond donors (Lipinski definition) is 2. The second-order valence-corrected chi connectivity index (χ2v) is 5.98. The largest absolute Gasteiger partial charge is 0.324 e. The van der Waals surface area contributed by atoms with Crippen LogP contribution in [0.4, 0.5) is 5.69 Å². The van der Waals surface area contributed by atoms with Gasteiger partial charge in [0.05, 0.1) is 16.8 Å². The lowest BCUT2D eigenvalue weighted by molar-refractivity contribution is -0.131. The van der Waals surface area contributed by atoms with E-state index in [1.807, 2.05) is 0 Å². The Balaban J connectivity index is 1.97. The van der Waals surface area contributed by atoms with Crippen molar-refractivity contribution in [2.45, 2.75) is 25.3 Å². The number of nitrogens with one attached hydrogen (secondary N) is 2. The number of imide groups is 2. The summed E-state index contributed by atoms with van der Waals surface area (Å²) in [4.78, 5) is 61.5. The lowest BCUT2D eigenvalue weighted by atomic mass is 10.1. The van der Waals surface area contributed by atoms with E-state index in [1.165, 1.54) is 18.2 Å². The number of amides is 5. The van der Waals surface area contributed by atoms with Gasteiger partial charge in [0.25, 0.3) is 11.8 Å². The molecule has 1 aromatic rings. The Morgan fingerprint density at radius 1 is 1.24 bits per heavy atom.